The summed E-state index contributed by atoms with van der Waals surface area (Å²) < 4.78 is 2.06. The lowest BCUT2D eigenvalue weighted by molar-refractivity contribution is 0.922. The number of nitrogens with zero attached hydrogens (tertiary/aromatic N) is 3. The summed E-state index contributed by atoms with van der Waals surface area (Å²) in [6, 6.07) is 8.41. The van der Waals surface area contributed by atoms with Gasteiger partial charge in [-0.1, -0.05) is 49.0 Å². The van der Waals surface area contributed by atoms with E-state index in [1.165, 1.54) is 11.1 Å². The number of fused-ring (bicyclic) bond motifs is 2. The van der Waals surface area contributed by atoms with E-state index in [9.17, 15) is 0 Å². The second-order valence-corrected chi connectivity index (χ2v) is 5.08. The molecule has 0 saturated carbocycles. The molecule has 3 nitrogen and oxygen atoms in total. The largest absolute Gasteiger partial charge is 0.277 e. The van der Waals surface area contributed by atoms with Gasteiger partial charge in [0.05, 0.1) is 0 Å². The Labute approximate surface area is 117 Å². The Morgan fingerprint density at radius 2 is 2.11 bits per heavy atom. The first kappa shape index (κ1) is 12.2. The van der Waals surface area contributed by atoms with Gasteiger partial charge in [0.2, 0.25) is 0 Å². The number of thioether (sulfide) groups is 1. The smallest absolute Gasteiger partial charge is 0.195 e. The van der Waals surface area contributed by atoms with Crippen molar-refractivity contribution >= 4 is 29.6 Å². The maximum absolute atomic E-state index is 4.36. The van der Waals surface area contributed by atoms with Crippen molar-refractivity contribution in [1.29, 1.82) is 0 Å². The summed E-state index contributed by atoms with van der Waals surface area (Å²) in [6.07, 6.45) is 9.39. The van der Waals surface area contributed by atoms with Crippen LogP contribution in [0.5, 0.6) is 0 Å². The Hall–Kier alpha value is -1.81. The van der Waals surface area contributed by atoms with Crippen LogP contribution in [0.15, 0.2) is 35.5 Å². The molecule has 1 aromatic carbocycles. The Morgan fingerprint density at radius 3 is 2.89 bits per heavy atom. The molecular formula is C15H15N3S. The van der Waals surface area contributed by atoms with Gasteiger partial charge < -0.3 is 0 Å². The molecule has 0 saturated heterocycles. The molecule has 3 rings (SSSR count). The number of hydrogen-bond donors (Lipinski definition) is 0. The maximum Gasteiger partial charge on any atom is 0.195 e. The van der Waals surface area contributed by atoms with Gasteiger partial charge in [0, 0.05) is 11.8 Å². The fraction of sp³-hybridized carbons (Fsp3) is 0.200. The summed E-state index contributed by atoms with van der Waals surface area (Å²) in [5, 5.41) is 9.52. The van der Waals surface area contributed by atoms with Crippen molar-refractivity contribution < 1.29 is 0 Å². The Morgan fingerprint density at radius 1 is 1.26 bits per heavy atom. The van der Waals surface area contributed by atoms with Crippen molar-refractivity contribution in [2.45, 2.75) is 18.5 Å². The van der Waals surface area contributed by atoms with E-state index in [1.807, 2.05) is 6.26 Å². The van der Waals surface area contributed by atoms with Crippen LogP contribution in [0.3, 0.4) is 0 Å². The van der Waals surface area contributed by atoms with Crippen LogP contribution in [0.4, 0.5) is 0 Å². The number of hydrogen-bond acceptors (Lipinski definition) is 3. The molecule has 4 heteroatoms. The van der Waals surface area contributed by atoms with Gasteiger partial charge >= 0.3 is 0 Å². The highest BCUT2D eigenvalue weighted by molar-refractivity contribution is 7.98. The first-order valence-corrected chi connectivity index (χ1v) is 7.54. The fourth-order valence-corrected chi connectivity index (χ4v) is 2.77. The van der Waals surface area contributed by atoms with Gasteiger partial charge in [-0.2, -0.15) is 0 Å². The lowest BCUT2D eigenvalue weighted by Gasteiger charge is -2.07. The molecule has 0 N–H and O–H groups in total. The highest BCUT2D eigenvalue weighted by Crippen LogP contribution is 2.31. The molecule has 0 unspecified atom stereocenters. The average Bonchev–Trinajstić information content (AvgIpc) is 2.79. The van der Waals surface area contributed by atoms with Crippen LogP contribution in [0, 0.1) is 0 Å². The number of rotatable bonds is 2. The van der Waals surface area contributed by atoms with Gasteiger partial charge in [-0.25, -0.2) is 0 Å². The molecule has 0 fully saturated rings. The van der Waals surface area contributed by atoms with Crippen LogP contribution in [0.1, 0.15) is 30.3 Å². The third-order valence-corrected chi connectivity index (χ3v) is 3.79. The minimum atomic E-state index is 0.918. The van der Waals surface area contributed by atoms with E-state index < -0.39 is 0 Å². The predicted octanol–water partition coefficient (Wildman–Crippen LogP) is 3.78. The summed E-state index contributed by atoms with van der Waals surface area (Å²) in [5.41, 5.74) is 3.61. The van der Waals surface area contributed by atoms with Crippen molar-refractivity contribution in [3.63, 3.8) is 0 Å². The van der Waals surface area contributed by atoms with Crippen molar-refractivity contribution in [1.82, 2.24) is 14.8 Å². The third-order valence-electron chi connectivity index (χ3n) is 3.15. The predicted molar refractivity (Wildman–Crippen MR) is 80.8 cm³/mol. The van der Waals surface area contributed by atoms with Crippen LogP contribution in [-0.4, -0.2) is 21.0 Å². The van der Waals surface area contributed by atoms with Crippen molar-refractivity contribution in [3.05, 3.63) is 47.3 Å². The molecule has 0 spiro atoms. The van der Waals surface area contributed by atoms with E-state index >= 15 is 0 Å². The first-order valence-electron chi connectivity index (χ1n) is 6.32. The van der Waals surface area contributed by atoms with E-state index in [0.29, 0.717) is 0 Å². The monoisotopic (exact) mass is 269 g/mol. The zero-order valence-corrected chi connectivity index (χ0v) is 11.8. The Kier molecular flexibility index (Phi) is 3.25. The van der Waals surface area contributed by atoms with E-state index in [1.54, 1.807) is 11.8 Å². The van der Waals surface area contributed by atoms with Crippen LogP contribution in [0.2, 0.25) is 0 Å². The molecule has 1 aromatic heterocycles. The maximum atomic E-state index is 4.36. The minimum absolute atomic E-state index is 0.918. The SMILES string of the molecule is CCC=C1c2ccccc2C=Cn2c(SC)nnc21. The number of aromatic nitrogens is 3. The van der Waals surface area contributed by atoms with Crippen LogP contribution in [-0.2, 0) is 0 Å². The number of benzene rings is 1. The van der Waals surface area contributed by atoms with Gasteiger partial charge in [-0.3, -0.25) is 4.57 Å². The van der Waals surface area contributed by atoms with Crippen molar-refractivity contribution in [2.75, 3.05) is 6.26 Å². The lowest BCUT2D eigenvalue weighted by atomic mass is 9.99. The van der Waals surface area contributed by atoms with Gasteiger partial charge in [-0.05, 0) is 29.9 Å². The van der Waals surface area contributed by atoms with Gasteiger partial charge in [-0.15, -0.1) is 10.2 Å². The summed E-state index contributed by atoms with van der Waals surface area (Å²) >= 11 is 1.61. The molecular weight excluding hydrogens is 254 g/mol. The van der Waals surface area contributed by atoms with E-state index in [-0.39, 0.29) is 0 Å². The molecule has 0 bridgehead atoms. The fourth-order valence-electron chi connectivity index (χ4n) is 2.30. The van der Waals surface area contributed by atoms with Gasteiger partial charge in [0.1, 0.15) is 0 Å². The molecule has 0 amide bonds. The van der Waals surface area contributed by atoms with Crippen molar-refractivity contribution in [3.8, 4) is 0 Å². The van der Waals surface area contributed by atoms with E-state index in [2.05, 4.69) is 64.3 Å². The summed E-state index contributed by atoms with van der Waals surface area (Å²) in [5.74, 6) is 0.924. The van der Waals surface area contributed by atoms with Crippen LogP contribution < -0.4 is 0 Å². The highest BCUT2D eigenvalue weighted by Gasteiger charge is 2.19. The van der Waals surface area contributed by atoms with E-state index in [4.69, 9.17) is 0 Å². The molecule has 2 heterocycles. The topological polar surface area (TPSA) is 30.7 Å². The number of allylic oxidation sites excluding steroid dienone is 1. The average molecular weight is 269 g/mol. The lowest BCUT2D eigenvalue weighted by Crippen LogP contribution is -1.97. The zero-order chi connectivity index (χ0) is 13.2. The quantitative estimate of drug-likeness (QED) is 0.663. The zero-order valence-electron chi connectivity index (χ0n) is 11.0. The standard InChI is InChI=1S/C15H15N3S/c1-3-6-13-12-8-5-4-7-11(12)9-10-18-14(13)16-17-15(18)19-2/h4-10H,3H2,1-2H3. The molecule has 96 valence electrons. The normalized spacial score (nSPS) is 15.2. The molecule has 2 aromatic rings. The van der Waals surface area contributed by atoms with Gasteiger partial charge in [0.15, 0.2) is 11.0 Å². The van der Waals surface area contributed by atoms with Crippen LogP contribution >= 0.6 is 11.8 Å². The minimum Gasteiger partial charge on any atom is -0.277 e. The molecule has 0 aliphatic carbocycles. The summed E-state index contributed by atoms with van der Waals surface area (Å²) in [6.45, 7) is 2.14. The molecule has 0 atom stereocenters. The second kappa shape index (κ2) is 5.05. The highest BCUT2D eigenvalue weighted by atomic mass is 32.2. The molecule has 1 aliphatic heterocycles. The second-order valence-electron chi connectivity index (χ2n) is 4.31. The molecule has 19 heavy (non-hydrogen) atoms. The van der Waals surface area contributed by atoms with Crippen LogP contribution in [0.25, 0.3) is 17.8 Å². The van der Waals surface area contributed by atoms with Crippen molar-refractivity contribution in [2.24, 2.45) is 0 Å². The third kappa shape index (κ3) is 2.02. The Balaban J connectivity index is 2.28. The molecule has 1 aliphatic rings. The first-order chi connectivity index (χ1) is 9.35. The molecule has 0 radical (unpaired) electrons. The van der Waals surface area contributed by atoms with E-state index in [0.717, 1.165) is 23.0 Å². The Bertz CT molecular complexity index is 668. The summed E-state index contributed by atoms with van der Waals surface area (Å²) in [4.78, 5) is 0. The van der Waals surface area contributed by atoms with Gasteiger partial charge in [0.25, 0.3) is 0 Å². The summed E-state index contributed by atoms with van der Waals surface area (Å²) in [7, 11) is 0.